The SMILES string of the molecule is CCC(C)(CCCC(C)C)OOOC(=O)OC(C)C. The van der Waals surface area contributed by atoms with Crippen LogP contribution in [0.4, 0.5) is 4.79 Å². The van der Waals surface area contributed by atoms with Crippen LogP contribution in [0.5, 0.6) is 0 Å². The van der Waals surface area contributed by atoms with Crippen LogP contribution < -0.4 is 0 Å². The molecular weight excluding hydrogens is 248 g/mol. The quantitative estimate of drug-likeness (QED) is 0.355. The highest BCUT2D eigenvalue weighted by atomic mass is 17.5. The smallest absolute Gasteiger partial charge is 0.430 e. The van der Waals surface area contributed by atoms with Gasteiger partial charge in [-0.15, -0.1) is 0 Å². The lowest BCUT2D eigenvalue weighted by atomic mass is 9.94. The first-order valence-corrected chi connectivity index (χ1v) is 7.02. The molecule has 1 unspecified atom stereocenters. The van der Waals surface area contributed by atoms with Gasteiger partial charge in [0, 0.05) is 0 Å². The third-order valence-corrected chi connectivity index (χ3v) is 2.90. The summed E-state index contributed by atoms with van der Waals surface area (Å²) in [5, 5.41) is 4.54. The van der Waals surface area contributed by atoms with Crippen LogP contribution in [-0.2, 0) is 19.6 Å². The highest BCUT2D eigenvalue weighted by molar-refractivity contribution is 5.59. The molecular formula is C14H28O5. The molecule has 0 aliphatic rings. The lowest BCUT2D eigenvalue weighted by molar-refractivity contribution is -0.520. The van der Waals surface area contributed by atoms with E-state index < -0.39 is 11.8 Å². The van der Waals surface area contributed by atoms with Crippen LogP contribution >= 0.6 is 0 Å². The highest BCUT2D eigenvalue weighted by Crippen LogP contribution is 2.24. The first kappa shape index (κ1) is 18.2. The fourth-order valence-corrected chi connectivity index (χ4v) is 1.50. The topological polar surface area (TPSA) is 54.0 Å². The lowest BCUT2D eigenvalue weighted by Crippen LogP contribution is -2.29. The zero-order chi connectivity index (χ0) is 14.9. The van der Waals surface area contributed by atoms with Crippen LogP contribution in [0.2, 0.25) is 0 Å². The largest absolute Gasteiger partial charge is 0.542 e. The minimum Gasteiger partial charge on any atom is -0.430 e. The Labute approximate surface area is 116 Å². The first-order valence-electron chi connectivity index (χ1n) is 7.02. The fourth-order valence-electron chi connectivity index (χ4n) is 1.50. The van der Waals surface area contributed by atoms with Gasteiger partial charge in [0.2, 0.25) is 0 Å². The van der Waals surface area contributed by atoms with E-state index in [1.807, 2.05) is 13.8 Å². The van der Waals surface area contributed by atoms with Crippen LogP contribution in [0.3, 0.4) is 0 Å². The summed E-state index contributed by atoms with van der Waals surface area (Å²) in [6.07, 6.45) is 2.66. The van der Waals surface area contributed by atoms with E-state index in [0.717, 1.165) is 25.7 Å². The summed E-state index contributed by atoms with van der Waals surface area (Å²) in [5.74, 6) is 0.666. The van der Waals surface area contributed by atoms with Crippen LogP contribution in [0.25, 0.3) is 0 Å². The molecule has 0 radical (unpaired) electrons. The fraction of sp³-hybridized carbons (Fsp3) is 0.929. The van der Waals surface area contributed by atoms with Crippen molar-refractivity contribution in [3.63, 3.8) is 0 Å². The van der Waals surface area contributed by atoms with Crippen molar-refractivity contribution in [3.8, 4) is 0 Å². The second-order valence-electron chi connectivity index (χ2n) is 5.74. The van der Waals surface area contributed by atoms with E-state index in [1.54, 1.807) is 13.8 Å². The predicted molar refractivity (Wildman–Crippen MR) is 72.3 cm³/mol. The van der Waals surface area contributed by atoms with Crippen molar-refractivity contribution < 1.29 is 24.3 Å². The second-order valence-corrected chi connectivity index (χ2v) is 5.74. The zero-order valence-electron chi connectivity index (χ0n) is 13.0. The molecule has 0 saturated heterocycles. The average molecular weight is 276 g/mol. The molecule has 0 aromatic rings. The number of rotatable bonds is 9. The molecule has 19 heavy (non-hydrogen) atoms. The predicted octanol–water partition coefficient (Wildman–Crippen LogP) is 4.41. The Balaban J connectivity index is 3.93. The molecule has 0 N–H and O–H groups in total. The van der Waals surface area contributed by atoms with Crippen LogP contribution in [0.15, 0.2) is 0 Å². The van der Waals surface area contributed by atoms with Crippen molar-refractivity contribution >= 4 is 6.16 Å². The van der Waals surface area contributed by atoms with Crippen molar-refractivity contribution in [2.45, 2.75) is 78.9 Å². The Hall–Kier alpha value is -0.810. The number of ether oxygens (including phenoxy) is 1. The Morgan fingerprint density at radius 3 is 2.32 bits per heavy atom. The first-order chi connectivity index (χ1) is 8.79. The number of hydrogen-bond acceptors (Lipinski definition) is 5. The van der Waals surface area contributed by atoms with Crippen LogP contribution in [0.1, 0.15) is 67.2 Å². The van der Waals surface area contributed by atoms with Crippen molar-refractivity contribution in [3.05, 3.63) is 0 Å². The molecule has 114 valence electrons. The van der Waals surface area contributed by atoms with E-state index >= 15 is 0 Å². The van der Waals surface area contributed by atoms with E-state index in [-0.39, 0.29) is 6.10 Å². The average Bonchev–Trinajstić information content (AvgIpc) is 2.27. The van der Waals surface area contributed by atoms with Crippen molar-refractivity contribution in [1.82, 2.24) is 0 Å². The molecule has 5 nitrogen and oxygen atoms in total. The van der Waals surface area contributed by atoms with Crippen LogP contribution in [0, 0.1) is 5.92 Å². The van der Waals surface area contributed by atoms with Gasteiger partial charge in [-0.2, -0.15) is 4.89 Å². The standard InChI is InChI=1S/C14H28O5/c1-7-14(6,10-8-9-11(2)3)18-19-17-13(15)16-12(4)5/h11-12H,7-10H2,1-6H3. The third-order valence-electron chi connectivity index (χ3n) is 2.90. The number of carbonyl (C=O) groups excluding carboxylic acids is 1. The molecule has 0 heterocycles. The normalized spacial score (nSPS) is 14.5. The Morgan fingerprint density at radius 1 is 1.21 bits per heavy atom. The lowest BCUT2D eigenvalue weighted by Gasteiger charge is -2.25. The van der Waals surface area contributed by atoms with Gasteiger partial charge in [-0.05, 0) is 44.6 Å². The van der Waals surface area contributed by atoms with Crippen molar-refractivity contribution in [2.75, 3.05) is 0 Å². The summed E-state index contributed by atoms with van der Waals surface area (Å²) >= 11 is 0. The minimum absolute atomic E-state index is 0.250. The molecule has 0 aromatic carbocycles. The van der Waals surface area contributed by atoms with E-state index in [0.29, 0.717) is 5.92 Å². The van der Waals surface area contributed by atoms with Gasteiger partial charge in [0.15, 0.2) is 0 Å². The number of carbonyl (C=O) groups is 1. The summed E-state index contributed by atoms with van der Waals surface area (Å²) in [4.78, 5) is 20.7. The Morgan fingerprint density at radius 2 is 1.84 bits per heavy atom. The summed E-state index contributed by atoms with van der Waals surface area (Å²) in [5.41, 5.74) is -0.451. The van der Waals surface area contributed by atoms with Gasteiger partial charge in [0.1, 0.15) is 5.60 Å². The molecule has 0 spiro atoms. The maximum absolute atomic E-state index is 11.1. The van der Waals surface area contributed by atoms with E-state index in [2.05, 4.69) is 23.8 Å². The molecule has 0 amide bonds. The van der Waals surface area contributed by atoms with Gasteiger partial charge in [-0.3, -0.25) is 0 Å². The highest BCUT2D eigenvalue weighted by Gasteiger charge is 2.25. The van der Waals surface area contributed by atoms with E-state index in [1.165, 1.54) is 0 Å². The third kappa shape index (κ3) is 9.73. The van der Waals surface area contributed by atoms with Gasteiger partial charge < -0.3 is 4.74 Å². The van der Waals surface area contributed by atoms with E-state index in [4.69, 9.17) is 9.62 Å². The maximum atomic E-state index is 11.1. The molecule has 0 rings (SSSR count). The second kappa shape index (κ2) is 9.15. The molecule has 0 aliphatic carbocycles. The summed E-state index contributed by atoms with van der Waals surface area (Å²) in [6.45, 7) is 11.8. The molecule has 0 bridgehead atoms. The Bertz CT molecular complexity index is 252. The summed E-state index contributed by atoms with van der Waals surface area (Å²) in [7, 11) is 0. The molecule has 0 aliphatic heterocycles. The summed E-state index contributed by atoms with van der Waals surface area (Å²) < 4.78 is 4.75. The maximum Gasteiger partial charge on any atom is 0.542 e. The minimum atomic E-state index is -0.893. The molecule has 1 atom stereocenters. The van der Waals surface area contributed by atoms with Crippen LogP contribution in [-0.4, -0.2) is 17.9 Å². The summed E-state index contributed by atoms with van der Waals surface area (Å²) in [6, 6.07) is 0. The number of hydrogen-bond donors (Lipinski definition) is 0. The van der Waals surface area contributed by atoms with Gasteiger partial charge in [0.05, 0.1) is 6.10 Å². The van der Waals surface area contributed by atoms with Gasteiger partial charge in [0.25, 0.3) is 0 Å². The van der Waals surface area contributed by atoms with Gasteiger partial charge in [-0.1, -0.05) is 33.6 Å². The zero-order valence-corrected chi connectivity index (χ0v) is 13.0. The Kier molecular flexibility index (Phi) is 8.76. The molecule has 0 fully saturated rings. The molecule has 5 heteroatoms. The molecule has 0 saturated carbocycles. The van der Waals surface area contributed by atoms with Crippen molar-refractivity contribution in [2.24, 2.45) is 5.92 Å². The van der Waals surface area contributed by atoms with Gasteiger partial charge >= 0.3 is 6.16 Å². The van der Waals surface area contributed by atoms with Crippen molar-refractivity contribution in [1.29, 1.82) is 0 Å². The monoisotopic (exact) mass is 276 g/mol. The molecule has 0 aromatic heterocycles. The van der Waals surface area contributed by atoms with E-state index in [9.17, 15) is 4.79 Å². The van der Waals surface area contributed by atoms with Gasteiger partial charge in [-0.25, -0.2) is 9.68 Å².